The molecule has 0 spiro atoms. The number of sulfone groups is 1. The van der Waals surface area contributed by atoms with Crippen LogP contribution in [0.3, 0.4) is 0 Å². The number of nitrogen functional groups attached to an aromatic ring is 1. The van der Waals surface area contributed by atoms with Crippen molar-refractivity contribution in [3.63, 3.8) is 0 Å². The van der Waals surface area contributed by atoms with E-state index in [0.29, 0.717) is 12.8 Å². The Morgan fingerprint density at radius 1 is 1.53 bits per heavy atom. The summed E-state index contributed by atoms with van der Waals surface area (Å²) in [5.74, 6) is 0.434. The summed E-state index contributed by atoms with van der Waals surface area (Å²) in [4.78, 5) is 14.0. The highest BCUT2D eigenvalue weighted by Crippen LogP contribution is 2.22. The lowest BCUT2D eigenvalue weighted by Gasteiger charge is -2.11. The van der Waals surface area contributed by atoms with E-state index in [-0.39, 0.29) is 29.6 Å². The highest BCUT2D eigenvalue weighted by molar-refractivity contribution is 7.92. The molecule has 1 atom stereocenters. The third-order valence-electron chi connectivity index (χ3n) is 3.01. The normalized spacial score (nSPS) is 21.2. The average molecular weight is 286 g/mol. The van der Waals surface area contributed by atoms with Crippen molar-refractivity contribution in [1.29, 1.82) is 0 Å². The molecule has 1 aromatic rings. The summed E-state index contributed by atoms with van der Waals surface area (Å²) in [6.07, 6.45) is 1.25. The van der Waals surface area contributed by atoms with Crippen LogP contribution < -0.4 is 11.1 Å². The predicted octanol–water partition coefficient (Wildman–Crippen LogP) is 0.561. The van der Waals surface area contributed by atoms with Crippen LogP contribution in [-0.2, 0) is 9.84 Å². The van der Waals surface area contributed by atoms with Gasteiger partial charge in [0, 0.05) is 6.54 Å². The number of hydrogen-bond donors (Lipinski definition) is 2. The zero-order valence-corrected chi connectivity index (χ0v) is 10.9. The monoisotopic (exact) mass is 286 g/mol. The van der Waals surface area contributed by atoms with Gasteiger partial charge in [-0.3, -0.25) is 10.1 Å². The van der Waals surface area contributed by atoms with Gasteiger partial charge in [-0.2, -0.15) is 0 Å². The molecule has 0 aromatic carbocycles. The van der Waals surface area contributed by atoms with Gasteiger partial charge in [0.15, 0.2) is 9.84 Å². The van der Waals surface area contributed by atoms with Gasteiger partial charge in [-0.05, 0) is 12.8 Å². The molecule has 19 heavy (non-hydrogen) atoms. The predicted molar refractivity (Wildman–Crippen MR) is 70.6 cm³/mol. The molecule has 3 N–H and O–H groups in total. The van der Waals surface area contributed by atoms with E-state index in [9.17, 15) is 18.5 Å². The van der Waals surface area contributed by atoms with Crippen LogP contribution in [0.25, 0.3) is 0 Å². The second-order valence-corrected chi connectivity index (χ2v) is 6.81. The molecule has 2 rings (SSSR count). The summed E-state index contributed by atoms with van der Waals surface area (Å²) in [6.45, 7) is 0.190. The second kappa shape index (κ2) is 5.00. The molecule has 104 valence electrons. The van der Waals surface area contributed by atoms with Crippen LogP contribution in [0.5, 0.6) is 0 Å². The molecule has 1 aromatic heterocycles. The van der Waals surface area contributed by atoms with Gasteiger partial charge in [-0.1, -0.05) is 0 Å². The Labute approximate surface area is 110 Å². The first-order valence-electron chi connectivity index (χ1n) is 5.76. The minimum atomic E-state index is -3.05. The van der Waals surface area contributed by atoms with Crippen molar-refractivity contribution in [1.82, 2.24) is 4.98 Å². The highest BCUT2D eigenvalue weighted by atomic mass is 32.2. The van der Waals surface area contributed by atoms with Crippen molar-refractivity contribution in [3.8, 4) is 0 Å². The average Bonchev–Trinajstić information content (AvgIpc) is 2.65. The van der Waals surface area contributed by atoms with Gasteiger partial charge in [-0.25, -0.2) is 13.4 Å². The molecule has 1 saturated heterocycles. The topological polar surface area (TPSA) is 128 Å². The van der Waals surface area contributed by atoms with Crippen LogP contribution in [0, 0.1) is 10.1 Å². The molecule has 1 unspecified atom stereocenters. The molecule has 0 bridgehead atoms. The molecule has 8 nitrogen and oxygen atoms in total. The van der Waals surface area contributed by atoms with Crippen molar-refractivity contribution >= 4 is 27.2 Å². The summed E-state index contributed by atoms with van der Waals surface area (Å²) in [6, 6.07) is 2.38. The fraction of sp³-hybridized carbons (Fsp3) is 0.500. The number of nitrogens with zero attached hydrogens (tertiary/aromatic N) is 2. The van der Waals surface area contributed by atoms with Crippen LogP contribution in [0.1, 0.15) is 12.8 Å². The van der Waals surface area contributed by atoms with Gasteiger partial charge < -0.3 is 11.1 Å². The third-order valence-corrected chi connectivity index (χ3v) is 5.29. The number of anilines is 2. The van der Waals surface area contributed by atoms with Crippen molar-refractivity contribution in [2.75, 3.05) is 23.3 Å². The minimum absolute atomic E-state index is 0.0194. The van der Waals surface area contributed by atoms with E-state index in [1.165, 1.54) is 6.07 Å². The number of nitro groups is 1. The lowest BCUT2D eigenvalue weighted by molar-refractivity contribution is -0.384. The first-order chi connectivity index (χ1) is 8.88. The largest absolute Gasteiger partial charge is 0.383 e. The summed E-state index contributed by atoms with van der Waals surface area (Å²) < 4.78 is 23.3. The van der Waals surface area contributed by atoms with E-state index in [1.54, 1.807) is 0 Å². The molecule has 0 saturated carbocycles. The summed E-state index contributed by atoms with van der Waals surface area (Å²) in [5.41, 5.74) is 5.28. The molecule has 1 aliphatic heterocycles. The van der Waals surface area contributed by atoms with Gasteiger partial charge in [0.1, 0.15) is 11.6 Å². The molecule has 2 heterocycles. The third kappa shape index (κ3) is 3.11. The Hall–Kier alpha value is -1.90. The van der Waals surface area contributed by atoms with E-state index in [4.69, 9.17) is 5.73 Å². The van der Waals surface area contributed by atoms with Gasteiger partial charge in [0.05, 0.1) is 28.1 Å². The molecule has 1 fully saturated rings. The number of hydrogen-bond acceptors (Lipinski definition) is 7. The first kappa shape index (κ1) is 13.5. The quantitative estimate of drug-likeness (QED) is 0.611. The van der Waals surface area contributed by atoms with Crippen LogP contribution in [0.4, 0.5) is 17.3 Å². The zero-order chi connectivity index (χ0) is 14.0. The van der Waals surface area contributed by atoms with Crippen LogP contribution in [0.15, 0.2) is 12.1 Å². The lowest BCUT2D eigenvalue weighted by Crippen LogP contribution is -2.25. The van der Waals surface area contributed by atoms with Gasteiger partial charge in [0.2, 0.25) is 0 Å². The van der Waals surface area contributed by atoms with E-state index < -0.39 is 20.0 Å². The minimum Gasteiger partial charge on any atom is -0.383 e. The lowest BCUT2D eigenvalue weighted by atomic mass is 10.2. The maximum absolute atomic E-state index is 11.6. The Morgan fingerprint density at radius 3 is 2.84 bits per heavy atom. The second-order valence-electron chi connectivity index (χ2n) is 4.40. The van der Waals surface area contributed by atoms with E-state index >= 15 is 0 Å². The van der Waals surface area contributed by atoms with Gasteiger partial charge >= 0.3 is 0 Å². The number of rotatable bonds is 4. The van der Waals surface area contributed by atoms with E-state index in [1.807, 2.05) is 0 Å². The van der Waals surface area contributed by atoms with Crippen molar-refractivity contribution < 1.29 is 13.3 Å². The maximum atomic E-state index is 11.6. The van der Waals surface area contributed by atoms with Crippen LogP contribution in [-0.4, -0.2) is 35.9 Å². The Kier molecular flexibility index (Phi) is 3.56. The standard InChI is InChI=1S/C10H14N4O4S/c11-9-4-7(14(15)16)5-10(13-9)12-6-8-2-1-3-19(8,17)18/h4-5,8H,1-3,6H2,(H3,11,12,13). The number of pyridine rings is 1. The molecule has 0 radical (unpaired) electrons. The highest BCUT2D eigenvalue weighted by Gasteiger charge is 2.31. The Bertz CT molecular complexity index is 602. The molecular weight excluding hydrogens is 272 g/mol. The van der Waals surface area contributed by atoms with E-state index in [2.05, 4.69) is 10.3 Å². The van der Waals surface area contributed by atoms with Crippen LogP contribution in [0.2, 0.25) is 0 Å². The molecule has 0 amide bonds. The first-order valence-corrected chi connectivity index (χ1v) is 7.47. The SMILES string of the molecule is Nc1cc([N+](=O)[O-])cc(NCC2CCCS2(=O)=O)n1. The van der Waals surface area contributed by atoms with Crippen molar-refractivity contribution in [2.24, 2.45) is 0 Å². The summed E-state index contributed by atoms with van der Waals surface area (Å²) in [5, 5.41) is 13.0. The Balaban J connectivity index is 2.10. The molecule has 9 heteroatoms. The number of aromatic nitrogens is 1. The number of nitrogens with one attached hydrogen (secondary N) is 1. The molecular formula is C10H14N4O4S. The van der Waals surface area contributed by atoms with Crippen LogP contribution >= 0.6 is 0 Å². The van der Waals surface area contributed by atoms with Crippen molar-refractivity contribution in [2.45, 2.75) is 18.1 Å². The maximum Gasteiger partial charge on any atom is 0.276 e. The van der Waals surface area contributed by atoms with Crippen molar-refractivity contribution in [3.05, 3.63) is 22.2 Å². The fourth-order valence-corrected chi connectivity index (χ4v) is 3.80. The molecule has 1 aliphatic rings. The summed E-state index contributed by atoms with van der Waals surface area (Å²) in [7, 11) is -3.05. The summed E-state index contributed by atoms with van der Waals surface area (Å²) >= 11 is 0. The van der Waals surface area contributed by atoms with E-state index in [0.717, 1.165) is 6.07 Å². The zero-order valence-electron chi connectivity index (χ0n) is 10.1. The Morgan fingerprint density at radius 2 is 2.26 bits per heavy atom. The van der Waals surface area contributed by atoms with Gasteiger partial charge in [0.25, 0.3) is 5.69 Å². The number of nitrogens with two attached hydrogens (primary N) is 1. The smallest absolute Gasteiger partial charge is 0.276 e. The van der Waals surface area contributed by atoms with Gasteiger partial charge in [-0.15, -0.1) is 0 Å². The molecule has 0 aliphatic carbocycles. The fourth-order valence-electron chi connectivity index (χ4n) is 2.04.